The minimum atomic E-state index is -0.472. The number of nitro groups is 1. The lowest BCUT2D eigenvalue weighted by atomic mass is 10.3. The van der Waals surface area contributed by atoms with Gasteiger partial charge in [0.1, 0.15) is 0 Å². The summed E-state index contributed by atoms with van der Waals surface area (Å²) in [5, 5.41) is 10.2. The fourth-order valence-electron chi connectivity index (χ4n) is 1.42. The highest BCUT2D eigenvalue weighted by Crippen LogP contribution is 2.11. The molecule has 0 amide bonds. The summed E-state index contributed by atoms with van der Waals surface area (Å²) in [6, 6.07) is 11.6. The van der Waals surface area contributed by atoms with E-state index in [1.54, 1.807) is 0 Å². The van der Waals surface area contributed by atoms with Crippen LogP contribution < -0.4 is 0 Å². The number of nitrogens with zero attached hydrogens (tertiary/aromatic N) is 2. The molecule has 0 aliphatic heterocycles. The van der Waals surface area contributed by atoms with E-state index in [1.807, 2.05) is 53.4 Å². The normalized spacial score (nSPS) is 10.8. The highest BCUT2D eigenvalue weighted by Gasteiger charge is 1.96. The van der Waals surface area contributed by atoms with E-state index in [1.165, 1.54) is 6.08 Å². The van der Waals surface area contributed by atoms with Gasteiger partial charge in [0.2, 0.25) is 6.20 Å². The van der Waals surface area contributed by atoms with E-state index in [-0.39, 0.29) is 0 Å². The Hall–Kier alpha value is -2.36. The number of benzene rings is 1. The maximum absolute atomic E-state index is 10.2. The van der Waals surface area contributed by atoms with Crippen LogP contribution in [0.1, 0.15) is 5.56 Å². The molecule has 0 aliphatic rings. The standard InChI is InChI=1S/C12H10N2O2/c15-14(16)9-7-11-6-8-13(10-11)12-4-2-1-3-5-12/h1-10H/b9-7+. The van der Waals surface area contributed by atoms with Gasteiger partial charge in [-0.25, -0.2) is 0 Å². The molecule has 2 aromatic rings. The maximum atomic E-state index is 10.2. The molecule has 0 bridgehead atoms. The molecular weight excluding hydrogens is 204 g/mol. The Morgan fingerprint density at radius 1 is 1.19 bits per heavy atom. The van der Waals surface area contributed by atoms with Crippen molar-refractivity contribution in [2.24, 2.45) is 0 Å². The first kappa shape index (κ1) is 10.2. The van der Waals surface area contributed by atoms with Crippen molar-refractivity contribution < 1.29 is 4.92 Å². The molecule has 16 heavy (non-hydrogen) atoms. The smallest absolute Gasteiger partial charge is 0.235 e. The Bertz CT molecular complexity index is 515. The van der Waals surface area contributed by atoms with Crippen LogP contribution >= 0.6 is 0 Å². The predicted molar refractivity (Wildman–Crippen MR) is 61.8 cm³/mol. The van der Waals surface area contributed by atoms with Gasteiger partial charge in [0.25, 0.3) is 0 Å². The van der Waals surface area contributed by atoms with Crippen LogP contribution in [0.5, 0.6) is 0 Å². The average molecular weight is 214 g/mol. The molecule has 0 spiro atoms. The van der Waals surface area contributed by atoms with Crippen molar-refractivity contribution in [1.82, 2.24) is 4.57 Å². The van der Waals surface area contributed by atoms with Crippen LogP contribution in [-0.4, -0.2) is 9.49 Å². The summed E-state index contributed by atoms with van der Waals surface area (Å²) < 4.78 is 1.92. The fraction of sp³-hybridized carbons (Fsp3) is 0. The zero-order valence-corrected chi connectivity index (χ0v) is 8.48. The largest absolute Gasteiger partial charge is 0.323 e. The molecular formula is C12H10N2O2. The Morgan fingerprint density at radius 3 is 2.62 bits per heavy atom. The second-order valence-electron chi connectivity index (χ2n) is 3.29. The minimum absolute atomic E-state index is 0.472. The van der Waals surface area contributed by atoms with Crippen molar-refractivity contribution in [1.29, 1.82) is 0 Å². The van der Waals surface area contributed by atoms with Crippen molar-refractivity contribution in [3.05, 3.63) is 70.7 Å². The van der Waals surface area contributed by atoms with E-state index in [0.29, 0.717) is 0 Å². The third-order valence-corrected chi connectivity index (χ3v) is 2.16. The molecule has 0 aliphatic carbocycles. The lowest BCUT2D eigenvalue weighted by molar-refractivity contribution is -0.400. The molecule has 4 nitrogen and oxygen atoms in total. The summed E-state index contributed by atoms with van der Waals surface area (Å²) in [4.78, 5) is 9.69. The van der Waals surface area contributed by atoms with Crippen LogP contribution in [0.25, 0.3) is 11.8 Å². The van der Waals surface area contributed by atoms with Gasteiger partial charge in [-0.2, -0.15) is 0 Å². The highest BCUT2D eigenvalue weighted by atomic mass is 16.6. The first-order valence-corrected chi connectivity index (χ1v) is 4.81. The molecule has 0 radical (unpaired) electrons. The van der Waals surface area contributed by atoms with Crippen molar-refractivity contribution in [2.45, 2.75) is 0 Å². The zero-order valence-electron chi connectivity index (χ0n) is 8.48. The summed E-state index contributed by atoms with van der Waals surface area (Å²) in [7, 11) is 0. The van der Waals surface area contributed by atoms with Gasteiger partial charge in [0, 0.05) is 24.2 Å². The summed E-state index contributed by atoms with van der Waals surface area (Å²) in [5.74, 6) is 0. The maximum Gasteiger partial charge on any atom is 0.235 e. The minimum Gasteiger partial charge on any atom is -0.323 e. The van der Waals surface area contributed by atoms with E-state index in [4.69, 9.17) is 0 Å². The lowest BCUT2D eigenvalue weighted by Gasteiger charge is -2.00. The van der Waals surface area contributed by atoms with E-state index < -0.39 is 4.92 Å². The molecule has 80 valence electrons. The van der Waals surface area contributed by atoms with Gasteiger partial charge < -0.3 is 4.57 Å². The van der Waals surface area contributed by atoms with Gasteiger partial charge in [-0.3, -0.25) is 10.1 Å². The van der Waals surface area contributed by atoms with Crippen LogP contribution in [0, 0.1) is 10.1 Å². The summed E-state index contributed by atoms with van der Waals surface area (Å²) in [5.41, 5.74) is 1.84. The second-order valence-corrected chi connectivity index (χ2v) is 3.29. The fourth-order valence-corrected chi connectivity index (χ4v) is 1.42. The average Bonchev–Trinajstić information content (AvgIpc) is 2.76. The molecule has 0 atom stereocenters. The van der Waals surface area contributed by atoms with Gasteiger partial charge in [-0.1, -0.05) is 18.2 Å². The summed E-state index contributed by atoms with van der Waals surface area (Å²) in [6.07, 6.45) is 6.12. The van der Waals surface area contributed by atoms with E-state index in [9.17, 15) is 10.1 Å². The van der Waals surface area contributed by atoms with E-state index >= 15 is 0 Å². The van der Waals surface area contributed by atoms with Crippen LogP contribution in [0.15, 0.2) is 55.0 Å². The Balaban J connectivity index is 2.23. The summed E-state index contributed by atoms with van der Waals surface area (Å²) >= 11 is 0. The van der Waals surface area contributed by atoms with Gasteiger partial charge in [-0.05, 0) is 23.8 Å². The van der Waals surface area contributed by atoms with Crippen molar-refractivity contribution >= 4 is 6.08 Å². The van der Waals surface area contributed by atoms with Crippen molar-refractivity contribution in [3.63, 3.8) is 0 Å². The first-order chi connectivity index (χ1) is 7.75. The molecule has 1 aromatic heterocycles. The lowest BCUT2D eigenvalue weighted by Crippen LogP contribution is -1.87. The summed E-state index contributed by atoms with van der Waals surface area (Å²) in [6.45, 7) is 0. The predicted octanol–water partition coefficient (Wildman–Crippen LogP) is 2.72. The van der Waals surface area contributed by atoms with Crippen LogP contribution in [-0.2, 0) is 0 Å². The van der Waals surface area contributed by atoms with Gasteiger partial charge in [0.05, 0.1) is 4.92 Å². The number of para-hydroxylation sites is 1. The SMILES string of the molecule is O=[N+]([O-])/C=C/c1ccn(-c2ccccc2)c1. The third-order valence-electron chi connectivity index (χ3n) is 2.16. The Kier molecular flexibility index (Phi) is 2.82. The van der Waals surface area contributed by atoms with Gasteiger partial charge >= 0.3 is 0 Å². The molecule has 4 heteroatoms. The highest BCUT2D eigenvalue weighted by molar-refractivity contribution is 5.48. The third kappa shape index (κ3) is 2.36. The molecule has 1 aromatic carbocycles. The van der Waals surface area contributed by atoms with Crippen LogP contribution in [0.4, 0.5) is 0 Å². The van der Waals surface area contributed by atoms with Crippen molar-refractivity contribution in [2.75, 3.05) is 0 Å². The van der Waals surface area contributed by atoms with E-state index in [2.05, 4.69) is 0 Å². The number of hydrogen-bond acceptors (Lipinski definition) is 2. The first-order valence-electron chi connectivity index (χ1n) is 4.81. The molecule has 0 unspecified atom stereocenters. The number of hydrogen-bond donors (Lipinski definition) is 0. The van der Waals surface area contributed by atoms with Gasteiger partial charge in [-0.15, -0.1) is 0 Å². The Labute approximate surface area is 92.6 Å². The second kappa shape index (κ2) is 4.44. The van der Waals surface area contributed by atoms with Gasteiger partial charge in [0.15, 0.2) is 0 Å². The molecule has 2 rings (SSSR count). The molecule has 0 saturated carbocycles. The number of rotatable bonds is 3. The molecule has 0 N–H and O–H groups in total. The molecule has 0 saturated heterocycles. The number of aromatic nitrogens is 1. The molecule has 0 fully saturated rings. The van der Waals surface area contributed by atoms with Crippen LogP contribution in [0.2, 0.25) is 0 Å². The zero-order chi connectivity index (χ0) is 11.4. The van der Waals surface area contributed by atoms with E-state index in [0.717, 1.165) is 17.5 Å². The monoisotopic (exact) mass is 214 g/mol. The topological polar surface area (TPSA) is 48.1 Å². The Morgan fingerprint density at radius 2 is 1.94 bits per heavy atom. The van der Waals surface area contributed by atoms with Crippen molar-refractivity contribution in [3.8, 4) is 5.69 Å². The molecule has 1 heterocycles. The quantitative estimate of drug-likeness (QED) is 0.582. The van der Waals surface area contributed by atoms with Crippen LogP contribution in [0.3, 0.4) is 0 Å².